The number of nitrogens with two attached hydrogens (primary N) is 1. The Bertz CT molecular complexity index is 463. The largest absolute Gasteiger partial charge is 0.366 e. The first-order chi connectivity index (χ1) is 10.1. The highest BCUT2D eigenvalue weighted by Gasteiger charge is 2.03. The van der Waals surface area contributed by atoms with E-state index in [1.807, 2.05) is 6.07 Å². The van der Waals surface area contributed by atoms with Gasteiger partial charge in [0.15, 0.2) is 0 Å². The van der Waals surface area contributed by atoms with Crippen molar-refractivity contribution in [1.29, 1.82) is 0 Å². The van der Waals surface area contributed by atoms with Gasteiger partial charge < -0.3 is 11.1 Å². The van der Waals surface area contributed by atoms with Crippen LogP contribution in [-0.4, -0.2) is 24.1 Å². The maximum atomic E-state index is 11.6. The number of benzene rings is 1. The van der Waals surface area contributed by atoms with Crippen molar-refractivity contribution in [2.45, 2.75) is 38.5 Å². The fourth-order valence-electron chi connectivity index (χ4n) is 2.07. The van der Waals surface area contributed by atoms with Crippen molar-refractivity contribution in [2.24, 2.45) is 5.73 Å². The Morgan fingerprint density at radius 3 is 2.62 bits per heavy atom. The summed E-state index contributed by atoms with van der Waals surface area (Å²) in [5.74, 6) is 0.574. The van der Waals surface area contributed by atoms with E-state index >= 15 is 0 Å². The summed E-state index contributed by atoms with van der Waals surface area (Å²) in [6.45, 7) is 0.581. The lowest BCUT2D eigenvalue weighted by Crippen LogP contribution is -2.25. The zero-order valence-electron chi connectivity index (χ0n) is 12.3. The van der Waals surface area contributed by atoms with Gasteiger partial charge in [0.1, 0.15) is 0 Å². The van der Waals surface area contributed by atoms with Crippen LogP contribution in [-0.2, 0) is 11.2 Å². The van der Waals surface area contributed by atoms with Crippen molar-refractivity contribution in [3.8, 4) is 0 Å². The van der Waals surface area contributed by atoms with Crippen molar-refractivity contribution < 1.29 is 9.59 Å². The molecule has 1 rings (SSSR count). The van der Waals surface area contributed by atoms with E-state index in [2.05, 4.69) is 17.9 Å². The molecule has 21 heavy (non-hydrogen) atoms. The van der Waals surface area contributed by atoms with Gasteiger partial charge in [-0.3, -0.25) is 9.59 Å². The molecule has 0 unspecified atom stereocenters. The van der Waals surface area contributed by atoms with E-state index in [0.29, 0.717) is 24.9 Å². The van der Waals surface area contributed by atoms with Gasteiger partial charge in [0.05, 0.1) is 0 Å². The molecule has 4 nitrogen and oxygen atoms in total. The molecule has 5 heteroatoms. The van der Waals surface area contributed by atoms with Crippen LogP contribution in [0.1, 0.15) is 48.0 Å². The van der Waals surface area contributed by atoms with E-state index in [-0.39, 0.29) is 5.91 Å². The average molecular weight is 308 g/mol. The van der Waals surface area contributed by atoms with Crippen molar-refractivity contribution in [3.05, 3.63) is 35.4 Å². The van der Waals surface area contributed by atoms with Gasteiger partial charge in [0.2, 0.25) is 11.8 Å². The molecule has 0 radical (unpaired) electrons. The van der Waals surface area contributed by atoms with Crippen LogP contribution >= 0.6 is 12.6 Å². The number of carbonyl (C=O) groups is 2. The molecule has 0 aromatic heterocycles. The number of rotatable bonds is 10. The van der Waals surface area contributed by atoms with E-state index in [1.165, 1.54) is 0 Å². The van der Waals surface area contributed by atoms with Crippen LogP contribution in [0.25, 0.3) is 0 Å². The lowest BCUT2D eigenvalue weighted by molar-refractivity contribution is -0.121. The molecule has 3 N–H and O–H groups in total. The number of nitrogens with one attached hydrogen (secondary N) is 1. The zero-order valence-corrected chi connectivity index (χ0v) is 13.2. The summed E-state index contributed by atoms with van der Waals surface area (Å²) in [5, 5.41) is 2.90. The Kier molecular flexibility index (Phi) is 8.59. The molecule has 0 aliphatic heterocycles. The summed E-state index contributed by atoms with van der Waals surface area (Å²) in [4.78, 5) is 22.7. The Balaban J connectivity index is 2.19. The summed E-state index contributed by atoms with van der Waals surface area (Å²) in [7, 11) is 0. The first-order valence-electron chi connectivity index (χ1n) is 7.40. The molecule has 0 bridgehead atoms. The van der Waals surface area contributed by atoms with Gasteiger partial charge in [-0.1, -0.05) is 25.0 Å². The molecule has 0 fully saturated rings. The lowest BCUT2D eigenvalue weighted by Gasteiger charge is -2.06. The van der Waals surface area contributed by atoms with Crippen molar-refractivity contribution in [2.75, 3.05) is 12.3 Å². The SMILES string of the molecule is NC(=O)c1cccc(CCNC(=O)CCCCCCS)c1. The minimum Gasteiger partial charge on any atom is -0.366 e. The van der Waals surface area contributed by atoms with E-state index in [4.69, 9.17) is 5.73 Å². The van der Waals surface area contributed by atoms with Gasteiger partial charge in [-0.2, -0.15) is 12.6 Å². The van der Waals surface area contributed by atoms with Gasteiger partial charge >= 0.3 is 0 Å². The third kappa shape index (κ3) is 7.75. The summed E-state index contributed by atoms with van der Waals surface area (Å²) in [6, 6.07) is 7.19. The topological polar surface area (TPSA) is 72.2 Å². The number of hydrogen-bond donors (Lipinski definition) is 3. The van der Waals surface area contributed by atoms with E-state index in [0.717, 1.165) is 37.0 Å². The zero-order chi connectivity index (χ0) is 15.5. The van der Waals surface area contributed by atoms with Crippen LogP contribution in [0.3, 0.4) is 0 Å². The highest BCUT2D eigenvalue weighted by atomic mass is 32.1. The third-order valence-electron chi connectivity index (χ3n) is 3.26. The van der Waals surface area contributed by atoms with Crippen LogP contribution in [0.4, 0.5) is 0 Å². The standard InChI is InChI=1S/C16H24N2O2S/c17-16(20)14-7-5-6-13(12-14)9-10-18-15(19)8-3-1-2-4-11-21/h5-7,12,21H,1-4,8-11H2,(H2,17,20)(H,18,19). The predicted molar refractivity (Wildman–Crippen MR) is 88.6 cm³/mol. The van der Waals surface area contributed by atoms with Crippen molar-refractivity contribution in [3.63, 3.8) is 0 Å². The van der Waals surface area contributed by atoms with Crippen LogP contribution in [0.15, 0.2) is 24.3 Å². The molecule has 0 spiro atoms. The van der Waals surface area contributed by atoms with Gasteiger partial charge in [-0.25, -0.2) is 0 Å². The second-order valence-electron chi connectivity index (χ2n) is 5.05. The second-order valence-corrected chi connectivity index (χ2v) is 5.50. The van der Waals surface area contributed by atoms with Gasteiger partial charge in [0.25, 0.3) is 0 Å². The number of thiol groups is 1. The smallest absolute Gasteiger partial charge is 0.248 e. The first kappa shape index (κ1) is 17.6. The molecule has 0 saturated carbocycles. The maximum Gasteiger partial charge on any atom is 0.248 e. The average Bonchev–Trinajstić information content (AvgIpc) is 2.47. The Morgan fingerprint density at radius 2 is 1.90 bits per heavy atom. The van der Waals surface area contributed by atoms with E-state index < -0.39 is 5.91 Å². The molecular weight excluding hydrogens is 284 g/mol. The monoisotopic (exact) mass is 308 g/mol. The maximum absolute atomic E-state index is 11.6. The second kappa shape index (κ2) is 10.3. The highest BCUT2D eigenvalue weighted by molar-refractivity contribution is 7.80. The highest BCUT2D eigenvalue weighted by Crippen LogP contribution is 2.06. The van der Waals surface area contributed by atoms with Crippen LogP contribution in [0.5, 0.6) is 0 Å². The number of primary amides is 1. The van der Waals surface area contributed by atoms with Crippen molar-refractivity contribution >= 4 is 24.4 Å². The quantitative estimate of drug-likeness (QED) is 0.458. The molecule has 2 amide bonds. The fourth-order valence-corrected chi connectivity index (χ4v) is 2.29. The van der Waals surface area contributed by atoms with Crippen LogP contribution in [0.2, 0.25) is 0 Å². The van der Waals surface area contributed by atoms with Crippen molar-refractivity contribution in [1.82, 2.24) is 5.32 Å². The molecule has 116 valence electrons. The molecule has 0 saturated heterocycles. The van der Waals surface area contributed by atoms with E-state index in [9.17, 15) is 9.59 Å². The number of unbranched alkanes of at least 4 members (excludes halogenated alkanes) is 3. The predicted octanol–water partition coefficient (Wildman–Crippen LogP) is 2.32. The normalized spacial score (nSPS) is 10.3. The van der Waals surface area contributed by atoms with Gasteiger partial charge in [0, 0.05) is 18.5 Å². The molecule has 1 aromatic carbocycles. The summed E-state index contributed by atoms with van der Waals surface area (Å²) in [5.41, 5.74) is 6.74. The van der Waals surface area contributed by atoms with Crippen LogP contribution in [0, 0.1) is 0 Å². The number of carbonyl (C=O) groups excluding carboxylic acids is 2. The number of amides is 2. The first-order valence-corrected chi connectivity index (χ1v) is 8.03. The Morgan fingerprint density at radius 1 is 1.14 bits per heavy atom. The summed E-state index contributed by atoms with van der Waals surface area (Å²) >= 11 is 4.16. The molecule has 1 aromatic rings. The Hall–Kier alpha value is -1.49. The summed E-state index contributed by atoms with van der Waals surface area (Å²) in [6.07, 6.45) is 5.53. The van der Waals surface area contributed by atoms with Gasteiger partial charge in [-0.15, -0.1) is 0 Å². The Labute approximate surface area is 131 Å². The van der Waals surface area contributed by atoms with Crippen LogP contribution < -0.4 is 11.1 Å². The minimum atomic E-state index is -0.429. The molecular formula is C16H24N2O2S. The molecule has 0 atom stereocenters. The molecule has 0 aliphatic rings. The number of hydrogen-bond acceptors (Lipinski definition) is 3. The molecule has 0 aliphatic carbocycles. The molecule has 0 heterocycles. The van der Waals surface area contributed by atoms with Gasteiger partial charge in [-0.05, 0) is 42.7 Å². The lowest BCUT2D eigenvalue weighted by atomic mass is 10.1. The summed E-state index contributed by atoms with van der Waals surface area (Å²) < 4.78 is 0. The minimum absolute atomic E-state index is 0.0897. The van der Waals surface area contributed by atoms with E-state index in [1.54, 1.807) is 18.2 Å². The fraction of sp³-hybridized carbons (Fsp3) is 0.500. The third-order valence-corrected chi connectivity index (χ3v) is 3.58.